The maximum Gasteiger partial charge on any atom is 0.243 e. The van der Waals surface area contributed by atoms with Gasteiger partial charge in [-0.1, -0.05) is 36.4 Å². The molecule has 1 unspecified atom stereocenters. The van der Waals surface area contributed by atoms with Crippen LogP contribution in [-0.2, 0) is 34.2 Å². The average molecular weight is 496 g/mol. The van der Waals surface area contributed by atoms with Gasteiger partial charge in [0.25, 0.3) is 0 Å². The standard InChI is InChI=1S/C28H37N3O3S/c32-28(29-26-11-6-16-30(21-26)20-22-7-2-1-3-8-22)24-14-17-31(18-15-24)35(33,34)27-13-12-23-9-4-5-10-25(23)19-27/h1-3,7-8,12-13,19,24,26H,4-6,9-11,14-18,20-21H2,(H,29,32). The van der Waals surface area contributed by atoms with Gasteiger partial charge in [-0.05, 0) is 86.7 Å². The van der Waals surface area contributed by atoms with Crippen molar-refractivity contribution >= 4 is 15.9 Å². The molecule has 0 aromatic heterocycles. The maximum absolute atomic E-state index is 13.3. The number of carbonyl (C=O) groups is 1. The Morgan fingerprint density at radius 3 is 2.40 bits per heavy atom. The maximum atomic E-state index is 13.3. The molecule has 2 aliphatic heterocycles. The molecule has 188 valence electrons. The van der Waals surface area contributed by atoms with E-state index in [4.69, 9.17) is 0 Å². The highest BCUT2D eigenvalue weighted by atomic mass is 32.2. The number of likely N-dealkylation sites (tertiary alicyclic amines) is 1. The van der Waals surface area contributed by atoms with Crippen LogP contribution in [0.4, 0.5) is 0 Å². The molecule has 0 spiro atoms. The molecule has 2 heterocycles. The molecule has 1 amide bonds. The molecule has 0 saturated carbocycles. The molecule has 1 N–H and O–H groups in total. The summed E-state index contributed by atoms with van der Waals surface area (Å²) in [5.74, 6) is -0.0307. The van der Waals surface area contributed by atoms with Gasteiger partial charge < -0.3 is 5.32 Å². The van der Waals surface area contributed by atoms with Crippen molar-refractivity contribution in [1.29, 1.82) is 0 Å². The SMILES string of the molecule is O=C(NC1CCCN(Cc2ccccc2)C1)C1CCN(S(=O)(=O)c2ccc3c(c2)CCCC3)CC1. The monoisotopic (exact) mass is 495 g/mol. The number of piperidine rings is 2. The lowest BCUT2D eigenvalue weighted by molar-refractivity contribution is -0.127. The minimum Gasteiger partial charge on any atom is -0.352 e. The summed E-state index contributed by atoms with van der Waals surface area (Å²) in [6.07, 6.45) is 7.55. The zero-order valence-electron chi connectivity index (χ0n) is 20.5. The van der Waals surface area contributed by atoms with Crippen molar-refractivity contribution < 1.29 is 13.2 Å². The van der Waals surface area contributed by atoms with E-state index in [2.05, 4.69) is 34.5 Å². The zero-order valence-corrected chi connectivity index (χ0v) is 21.3. The van der Waals surface area contributed by atoms with Gasteiger partial charge in [0.2, 0.25) is 15.9 Å². The Labute approximate surface area is 209 Å². The van der Waals surface area contributed by atoms with Crippen LogP contribution < -0.4 is 5.32 Å². The number of hydrogen-bond donors (Lipinski definition) is 1. The first-order valence-electron chi connectivity index (χ1n) is 13.2. The van der Waals surface area contributed by atoms with Crippen LogP contribution in [0.3, 0.4) is 0 Å². The molecule has 2 saturated heterocycles. The molecule has 0 bridgehead atoms. The van der Waals surface area contributed by atoms with E-state index < -0.39 is 10.0 Å². The van der Waals surface area contributed by atoms with Crippen LogP contribution in [0.15, 0.2) is 53.4 Å². The fourth-order valence-corrected chi connectivity index (χ4v) is 7.38. The summed E-state index contributed by atoms with van der Waals surface area (Å²) in [5, 5.41) is 3.28. The van der Waals surface area contributed by atoms with Gasteiger partial charge >= 0.3 is 0 Å². The molecule has 2 aromatic carbocycles. The van der Waals surface area contributed by atoms with Gasteiger partial charge in [-0.25, -0.2) is 8.42 Å². The number of amides is 1. The second-order valence-corrected chi connectivity index (χ2v) is 12.3. The van der Waals surface area contributed by atoms with Gasteiger partial charge in [-0.3, -0.25) is 9.69 Å². The number of rotatable bonds is 6. The number of nitrogens with zero attached hydrogens (tertiary/aromatic N) is 2. The first-order chi connectivity index (χ1) is 17.0. The van der Waals surface area contributed by atoms with E-state index in [9.17, 15) is 13.2 Å². The summed E-state index contributed by atoms with van der Waals surface area (Å²) in [6.45, 7) is 3.64. The third kappa shape index (κ3) is 5.79. The van der Waals surface area contributed by atoms with E-state index in [1.54, 1.807) is 10.4 Å². The van der Waals surface area contributed by atoms with Crippen molar-refractivity contribution in [3.63, 3.8) is 0 Å². The lowest BCUT2D eigenvalue weighted by Gasteiger charge is -2.35. The highest BCUT2D eigenvalue weighted by molar-refractivity contribution is 7.89. The Bertz CT molecular complexity index is 1130. The predicted molar refractivity (Wildman–Crippen MR) is 137 cm³/mol. The van der Waals surface area contributed by atoms with Gasteiger partial charge in [0.15, 0.2) is 0 Å². The van der Waals surface area contributed by atoms with Crippen molar-refractivity contribution in [2.24, 2.45) is 5.92 Å². The van der Waals surface area contributed by atoms with Crippen LogP contribution >= 0.6 is 0 Å². The summed E-state index contributed by atoms with van der Waals surface area (Å²) < 4.78 is 28.1. The van der Waals surface area contributed by atoms with Crippen molar-refractivity contribution in [3.05, 3.63) is 65.2 Å². The lowest BCUT2D eigenvalue weighted by atomic mass is 9.92. The molecular weight excluding hydrogens is 458 g/mol. The van der Waals surface area contributed by atoms with Gasteiger partial charge in [-0.2, -0.15) is 4.31 Å². The summed E-state index contributed by atoms with van der Waals surface area (Å²) >= 11 is 0. The molecule has 1 atom stereocenters. The number of benzene rings is 2. The van der Waals surface area contributed by atoms with Crippen LogP contribution in [0.1, 0.15) is 55.2 Å². The highest BCUT2D eigenvalue weighted by Crippen LogP contribution is 2.28. The molecule has 5 rings (SSSR count). The first-order valence-corrected chi connectivity index (χ1v) is 14.6. The van der Waals surface area contributed by atoms with Crippen LogP contribution in [0.25, 0.3) is 0 Å². The Balaban J connectivity index is 1.13. The van der Waals surface area contributed by atoms with E-state index in [1.165, 1.54) is 23.1 Å². The van der Waals surface area contributed by atoms with E-state index in [1.807, 2.05) is 18.2 Å². The Morgan fingerprint density at radius 2 is 1.63 bits per heavy atom. The Kier molecular flexibility index (Phi) is 7.56. The van der Waals surface area contributed by atoms with Gasteiger partial charge in [-0.15, -0.1) is 0 Å². The Morgan fingerprint density at radius 1 is 0.886 bits per heavy atom. The second-order valence-electron chi connectivity index (χ2n) is 10.4. The van der Waals surface area contributed by atoms with Gasteiger partial charge in [0.1, 0.15) is 0 Å². The minimum absolute atomic E-state index is 0.0855. The summed E-state index contributed by atoms with van der Waals surface area (Å²) in [4.78, 5) is 15.8. The lowest BCUT2D eigenvalue weighted by Crippen LogP contribution is -2.50. The van der Waals surface area contributed by atoms with Crippen LogP contribution in [0.5, 0.6) is 0 Å². The third-order valence-electron chi connectivity index (χ3n) is 7.88. The number of sulfonamides is 1. The average Bonchev–Trinajstić information content (AvgIpc) is 2.89. The van der Waals surface area contributed by atoms with Crippen molar-refractivity contribution in [1.82, 2.24) is 14.5 Å². The number of aryl methyl sites for hydroxylation is 2. The van der Waals surface area contributed by atoms with Crippen molar-refractivity contribution in [2.45, 2.75) is 68.8 Å². The number of nitrogens with one attached hydrogen (secondary N) is 1. The summed E-state index contributed by atoms with van der Waals surface area (Å²) in [7, 11) is -3.51. The molecule has 2 aromatic rings. The van der Waals surface area contributed by atoms with Crippen LogP contribution in [-0.4, -0.2) is 55.8 Å². The van der Waals surface area contributed by atoms with Crippen molar-refractivity contribution in [3.8, 4) is 0 Å². The van der Waals surface area contributed by atoms with E-state index >= 15 is 0 Å². The molecule has 6 nitrogen and oxygen atoms in total. The highest BCUT2D eigenvalue weighted by Gasteiger charge is 2.33. The fraction of sp³-hybridized carbons (Fsp3) is 0.536. The topological polar surface area (TPSA) is 69.7 Å². The van der Waals surface area contributed by atoms with Crippen LogP contribution in [0.2, 0.25) is 0 Å². The predicted octanol–water partition coefficient (Wildman–Crippen LogP) is 3.75. The fourth-order valence-electron chi connectivity index (χ4n) is 5.86. The minimum atomic E-state index is -3.51. The van der Waals surface area contributed by atoms with Crippen molar-refractivity contribution in [2.75, 3.05) is 26.2 Å². The van der Waals surface area contributed by atoms with Gasteiger partial charge in [0.05, 0.1) is 4.90 Å². The molecule has 7 heteroatoms. The van der Waals surface area contributed by atoms with E-state index in [0.717, 1.165) is 51.7 Å². The molecule has 1 aliphatic carbocycles. The second kappa shape index (κ2) is 10.8. The zero-order chi connectivity index (χ0) is 24.3. The van der Waals surface area contributed by atoms with Gasteiger partial charge in [0, 0.05) is 38.1 Å². The number of carbonyl (C=O) groups excluding carboxylic acids is 1. The molecule has 0 radical (unpaired) electrons. The smallest absolute Gasteiger partial charge is 0.243 e. The molecule has 2 fully saturated rings. The number of hydrogen-bond acceptors (Lipinski definition) is 4. The van der Waals surface area contributed by atoms with E-state index in [-0.39, 0.29) is 17.9 Å². The summed E-state index contributed by atoms with van der Waals surface area (Å²) in [5.41, 5.74) is 3.77. The van der Waals surface area contributed by atoms with Crippen LogP contribution in [0, 0.1) is 5.92 Å². The number of fused-ring (bicyclic) bond motifs is 1. The molecular formula is C28H37N3O3S. The quantitative estimate of drug-likeness (QED) is 0.663. The summed E-state index contributed by atoms with van der Waals surface area (Å²) in [6, 6.07) is 16.3. The third-order valence-corrected chi connectivity index (χ3v) is 9.78. The largest absolute Gasteiger partial charge is 0.352 e. The Hall–Kier alpha value is -2.22. The first kappa shape index (κ1) is 24.5. The molecule has 35 heavy (non-hydrogen) atoms. The van der Waals surface area contributed by atoms with E-state index in [0.29, 0.717) is 30.8 Å². The molecule has 3 aliphatic rings. The normalized spacial score (nSPS) is 22.5.